The van der Waals surface area contributed by atoms with Gasteiger partial charge in [0.2, 0.25) is 0 Å². The Morgan fingerprint density at radius 1 is 1.33 bits per heavy atom. The summed E-state index contributed by atoms with van der Waals surface area (Å²) in [6, 6.07) is 6.68. The fraction of sp³-hybridized carbons (Fsp3) is 0.273. The molecule has 80 valence electrons. The zero-order valence-electron chi connectivity index (χ0n) is 8.40. The predicted molar refractivity (Wildman–Crippen MR) is 54.2 cm³/mol. The van der Waals surface area contributed by atoms with Crippen LogP contribution in [-0.4, -0.2) is 24.0 Å². The highest BCUT2D eigenvalue weighted by atomic mass is 16.5. The van der Waals surface area contributed by atoms with Gasteiger partial charge < -0.3 is 9.84 Å². The van der Waals surface area contributed by atoms with E-state index >= 15 is 0 Å². The number of carboxylic acids is 1. The maximum Gasteiger partial charge on any atom is 0.303 e. The summed E-state index contributed by atoms with van der Waals surface area (Å²) in [6.45, 7) is 0. The average molecular weight is 208 g/mol. The Bertz CT molecular complexity index is 371. The molecular weight excluding hydrogens is 196 g/mol. The molecule has 0 radical (unpaired) electrons. The molecule has 1 N–H and O–H groups in total. The van der Waals surface area contributed by atoms with Gasteiger partial charge in [0.15, 0.2) is 5.78 Å². The lowest BCUT2D eigenvalue weighted by Gasteiger charge is -2.02. The molecule has 0 atom stereocenters. The summed E-state index contributed by atoms with van der Waals surface area (Å²) >= 11 is 0. The van der Waals surface area contributed by atoms with Crippen LogP contribution in [0.5, 0.6) is 5.75 Å². The van der Waals surface area contributed by atoms with E-state index in [1.165, 1.54) is 7.11 Å². The van der Waals surface area contributed by atoms with Gasteiger partial charge in [-0.25, -0.2) is 0 Å². The van der Waals surface area contributed by atoms with Crippen LogP contribution >= 0.6 is 0 Å². The van der Waals surface area contributed by atoms with Crippen molar-refractivity contribution in [1.82, 2.24) is 0 Å². The van der Waals surface area contributed by atoms with Crippen LogP contribution in [0.1, 0.15) is 23.2 Å². The first kappa shape index (κ1) is 11.2. The molecule has 0 amide bonds. The number of methoxy groups -OCH3 is 1. The van der Waals surface area contributed by atoms with Gasteiger partial charge >= 0.3 is 5.97 Å². The monoisotopic (exact) mass is 208 g/mol. The van der Waals surface area contributed by atoms with E-state index in [4.69, 9.17) is 9.84 Å². The third kappa shape index (κ3) is 3.42. The number of hydrogen-bond donors (Lipinski definition) is 1. The van der Waals surface area contributed by atoms with E-state index in [0.29, 0.717) is 11.3 Å². The van der Waals surface area contributed by atoms with Gasteiger partial charge in [0, 0.05) is 12.0 Å². The van der Waals surface area contributed by atoms with E-state index in [9.17, 15) is 9.59 Å². The van der Waals surface area contributed by atoms with Crippen LogP contribution in [0.2, 0.25) is 0 Å². The zero-order valence-corrected chi connectivity index (χ0v) is 8.40. The highest BCUT2D eigenvalue weighted by Crippen LogP contribution is 2.14. The molecule has 0 aliphatic heterocycles. The van der Waals surface area contributed by atoms with Crippen LogP contribution in [0.3, 0.4) is 0 Å². The van der Waals surface area contributed by atoms with E-state index in [1.807, 2.05) is 0 Å². The van der Waals surface area contributed by atoms with Crippen LogP contribution in [-0.2, 0) is 4.79 Å². The average Bonchev–Trinajstić information content (AvgIpc) is 2.26. The number of hydrogen-bond acceptors (Lipinski definition) is 3. The Balaban J connectivity index is 2.69. The summed E-state index contributed by atoms with van der Waals surface area (Å²) in [5.74, 6) is -0.557. The molecule has 0 aliphatic carbocycles. The van der Waals surface area contributed by atoms with Crippen molar-refractivity contribution in [2.24, 2.45) is 0 Å². The fourth-order valence-electron chi connectivity index (χ4n) is 1.16. The second-order valence-corrected chi connectivity index (χ2v) is 3.05. The van der Waals surface area contributed by atoms with Gasteiger partial charge in [0.05, 0.1) is 13.5 Å². The van der Waals surface area contributed by atoms with Crippen LogP contribution < -0.4 is 4.74 Å². The highest BCUT2D eigenvalue weighted by Gasteiger charge is 2.08. The van der Waals surface area contributed by atoms with Gasteiger partial charge in [-0.1, -0.05) is 12.1 Å². The normalized spacial score (nSPS) is 9.67. The van der Waals surface area contributed by atoms with E-state index in [1.54, 1.807) is 24.3 Å². The number of carbonyl (C=O) groups excluding carboxylic acids is 1. The molecule has 1 aromatic carbocycles. The SMILES string of the molecule is COc1cccc(C(=O)CCC(=O)O)c1. The molecule has 0 fully saturated rings. The molecule has 0 unspecified atom stereocenters. The summed E-state index contributed by atoms with van der Waals surface area (Å²) in [5, 5.41) is 8.43. The number of ether oxygens (including phenoxy) is 1. The Morgan fingerprint density at radius 2 is 2.07 bits per heavy atom. The van der Waals surface area contributed by atoms with Crippen molar-refractivity contribution in [1.29, 1.82) is 0 Å². The van der Waals surface area contributed by atoms with Crippen molar-refractivity contribution in [3.63, 3.8) is 0 Å². The van der Waals surface area contributed by atoms with E-state index in [-0.39, 0.29) is 18.6 Å². The maximum atomic E-state index is 11.5. The Kier molecular flexibility index (Phi) is 3.85. The topological polar surface area (TPSA) is 63.6 Å². The van der Waals surface area contributed by atoms with E-state index < -0.39 is 5.97 Å². The molecule has 15 heavy (non-hydrogen) atoms. The van der Waals surface area contributed by atoms with Crippen molar-refractivity contribution in [2.75, 3.05) is 7.11 Å². The van der Waals surface area contributed by atoms with Crippen LogP contribution in [0.15, 0.2) is 24.3 Å². The summed E-state index contributed by atoms with van der Waals surface area (Å²) < 4.78 is 4.96. The molecule has 0 spiro atoms. The number of Topliss-reactive ketones (excluding diaryl/α,β-unsaturated/α-hetero) is 1. The van der Waals surface area contributed by atoms with Gasteiger partial charge in [0.1, 0.15) is 5.75 Å². The number of ketones is 1. The number of carboxylic acid groups (broad SMARTS) is 1. The molecule has 0 saturated heterocycles. The smallest absolute Gasteiger partial charge is 0.303 e. The molecule has 0 aromatic heterocycles. The Labute approximate surface area is 87.5 Å². The zero-order chi connectivity index (χ0) is 11.3. The molecule has 1 rings (SSSR count). The van der Waals surface area contributed by atoms with Crippen LogP contribution in [0.25, 0.3) is 0 Å². The summed E-state index contributed by atoms with van der Waals surface area (Å²) in [4.78, 5) is 21.8. The summed E-state index contributed by atoms with van der Waals surface area (Å²) in [6.07, 6.45) is -0.126. The number of aliphatic carboxylic acids is 1. The molecular formula is C11H12O4. The fourth-order valence-corrected chi connectivity index (χ4v) is 1.16. The minimum atomic E-state index is -0.966. The maximum absolute atomic E-state index is 11.5. The van der Waals surface area contributed by atoms with Crippen LogP contribution in [0, 0.1) is 0 Å². The molecule has 4 heteroatoms. The lowest BCUT2D eigenvalue weighted by atomic mass is 10.1. The molecule has 0 aliphatic rings. The van der Waals surface area contributed by atoms with Gasteiger partial charge in [-0.3, -0.25) is 9.59 Å². The number of benzene rings is 1. The van der Waals surface area contributed by atoms with Crippen molar-refractivity contribution >= 4 is 11.8 Å². The second kappa shape index (κ2) is 5.14. The number of carbonyl (C=O) groups is 2. The van der Waals surface area contributed by atoms with Crippen molar-refractivity contribution in [3.8, 4) is 5.75 Å². The van der Waals surface area contributed by atoms with Crippen molar-refractivity contribution < 1.29 is 19.4 Å². The molecule has 4 nitrogen and oxygen atoms in total. The van der Waals surface area contributed by atoms with Gasteiger partial charge in [-0.2, -0.15) is 0 Å². The molecule has 1 aromatic rings. The standard InChI is InChI=1S/C11H12O4/c1-15-9-4-2-3-8(7-9)10(12)5-6-11(13)14/h2-4,7H,5-6H2,1H3,(H,13,14). The minimum absolute atomic E-state index is 0.0164. The summed E-state index contributed by atoms with van der Waals surface area (Å²) in [7, 11) is 1.51. The predicted octanol–water partition coefficient (Wildman–Crippen LogP) is 1.74. The Hall–Kier alpha value is -1.84. The van der Waals surface area contributed by atoms with Gasteiger partial charge in [0.25, 0.3) is 0 Å². The molecule has 0 bridgehead atoms. The van der Waals surface area contributed by atoms with Gasteiger partial charge in [-0.05, 0) is 12.1 Å². The quantitative estimate of drug-likeness (QED) is 0.748. The van der Waals surface area contributed by atoms with Crippen LogP contribution in [0.4, 0.5) is 0 Å². The van der Waals surface area contributed by atoms with E-state index in [2.05, 4.69) is 0 Å². The largest absolute Gasteiger partial charge is 0.497 e. The first-order valence-corrected chi connectivity index (χ1v) is 4.52. The first-order valence-electron chi connectivity index (χ1n) is 4.52. The van der Waals surface area contributed by atoms with Gasteiger partial charge in [-0.15, -0.1) is 0 Å². The number of rotatable bonds is 5. The second-order valence-electron chi connectivity index (χ2n) is 3.05. The first-order chi connectivity index (χ1) is 7.13. The molecule has 0 saturated carbocycles. The molecule has 0 heterocycles. The van der Waals surface area contributed by atoms with E-state index in [0.717, 1.165) is 0 Å². The third-order valence-corrected chi connectivity index (χ3v) is 1.96. The summed E-state index contributed by atoms with van der Waals surface area (Å²) in [5.41, 5.74) is 0.482. The lowest BCUT2D eigenvalue weighted by Crippen LogP contribution is -2.03. The minimum Gasteiger partial charge on any atom is -0.497 e. The third-order valence-electron chi connectivity index (χ3n) is 1.96. The Morgan fingerprint density at radius 3 is 2.67 bits per heavy atom. The highest BCUT2D eigenvalue weighted by molar-refractivity contribution is 5.97. The van der Waals surface area contributed by atoms with Crippen molar-refractivity contribution in [3.05, 3.63) is 29.8 Å². The van der Waals surface area contributed by atoms with Crippen molar-refractivity contribution in [2.45, 2.75) is 12.8 Å². The lowest BCUT2D eigenvalue weighted by molar-refractivity contribution is -0.136.